The number of benzene rings is 1. The Balaban J connectivity index is 2.66. The second-order valence-electron chi connectivity index (χ2n) is 4.26. The summed E-state index contributed by atoms with van der Waals surface area (Å²) in [5.41, 5.74) is 13.2. The molecule has 0 saturated heterocycles. The maximum absolute atomic E-state index is 5.66. The highest BCUT2D eigenvalue weighted by atomic mass is 14.5. The lowest BCUT2D eigenvalue weighted by atomic mass is 10.0. The van der Waals surface area contributed by atoms with Gasteiger partial charge in [0, 0.05) is 5.70 Å². The molecule has 0 saturated carbocycles. The number of rotatable bonds is 5. The minimum atomic E-state index is 0.804. The van der Waals surface area contributed by atoms with E-state index in [4.69, 9.17) is 5.73 Å². The van der Waals surface area contributed by atoms with Gasteiger partial charge in [-0.15, -0.1) is 5.73 Å². The topological polar surface area (TPSA) is 26.0 Å². The zero-order valence-electron chi connectivity index (χ0n) is 10.8. The van der Waals surface area contributed by atoms with Gasteiger partial charge in [0.05, 0.1) is 0 Å². The maximum Gasteiger partial charge on any atom is 0.00578 e. The van der Waals surface area contributed by atoms with Crippen LogP contribution in [0.2, 0.25) is 0 Å². The maximum atomic E-state index is 5.66. The molecule has 0 atom stereocenters. The predicted octanol–water partition coefficient (Wildman–Crippen LogP) is 3.76. The monoisotopic (exact) mass is 227 g/mol. The molecule has 0 amide bonds. The molecule has 0 unspecified atom stereocenters. The minimum Gasteiger partial charge on any atom is -0.402 e. The molecular formula is C16H21N. The lowest BCUT2D eigenvalue weighted by molar-refractivity contribution is 0.956. The first-order valence-electron chi connectivity index (χ1n) is 6.06. The summed E-state index contributed by atoms with van der Waals surface area (Å²) in [6, 6.07) is 8.71. The summed E-state index contributed by atoms with van der Waals surface area (Å²) in [6.07, 6.45) is 4.97. The van der Waals surface area contributed by atoms with Gasteiger partial charge < -0.3 is 5.73 Å². The van der Waals surface area contributed by atoms with Crippen LogP contribution in [0.15, 0.2) is 53.9 Å². The first-order valence-corrected chi connectivity index (χ1v) is 6.06. The second-order valence-corrected chi connectivity index (χ2v) is 4.26. The number of hydrogen-bond acceptors (Lipinski definition) is 1. The molecule has 0 aromatic heterocycles. The SMILES string of the molecule is C=C=C(C=C(C)N)CCc1cccc(CC)c1. The average Bonchev–Trinajstić information content (AvgIpc) is 2.34. The molecular weight excluding hydrogens is 206 g/mol. The second kappa shape index (κ2) is 6.78. The summed E-state index contributed by atoms with van der Waals surface area (Å²) >= 11 is 0. The van der Waals surface area contributed by atoms with Gasteiger partial charge in [-0.3, -0.25) is 0 Å². The largest absolute Gasteiger partial charge is 0.402 e. The minimum absolute atomic E-state index is 0.804. The Hall–Kier alpha value is -1.72. The molecule has 0 bridgehead atoms. The van der Waals surface area contributed by atoms with Crippen LogP contribution >= 0.6 is 0 Å². The third kappa shape index (κ3) is 4.76. The molecule has 1 aromatic carbocycles. The van der Waals surface area contributed by atoms with Crippen LogP contribution in [0.25, 0.3) is 0 Å². The van der Waals surface area contributed by atoms with Crippen molar-refractivity contribution < 1.29 is 0 Å². The molecule has 0 aliphatic carbocycles. The normalized spacial score (nSPS) is 11.1. The highest BCUT2D eigenvalue weighted by Crippen LogP contribution is 2.12. The van der Waals surface area contributed by atoms with E-state index in [1.807, 2.05) is 13.0 Å². The van der Waals surface area contributed by atoms with E-state index in [1.54, 1.807) is 0 Å². The summed E-state index contributed by atoms with van der Waals surface area (Å²) in [4.78, 5) is 0. The summed E-state index contributed by atoms with van der Waals surface area (Å²) in [5, 5.41) is 0. The molecule has 1 nitrogen and oxygen atoms in total. The van der Waals surface area contributed by atoms with Crippen molar-refractivity contribution in [3.05, 3.63) is 65.0 Å². The molecule has 0 fully saturated rings. The van der Waals surface area contributed by atoms with Crippen LogP contribution in [-0.2, 0) is 12.8 Å². The lowest BCUT2D eigenvalue weighted by Gasteiger charge is -2.04. The number of hydrogen-bond donors (Lipinski definition) is 1. The lowest BCUT2D eigenvalue weighted by Crippen LogP contribution is -1.93. The van der Waals surface area contributed by atoms with Gasteiger partial charge in [-0.05, 0) is 49.0 Å². The molecule has 17 heavy (non-hydrogen) atoms. The van der Waals surface area contributed by atoms with Gasteiger partial charge >= 0.3 is 0 Å². The van der Waals surface area contributed by atoms with E-state index < -0.39 is 0 Å². The Bertz CT molecular complexity index is 444. The van der Waals surface area contributed by atoms with Crippen molar-refractivity contribution in [2.45, 2.75) is 33.1 Å². The van der Waals surface area contributed by atoms with Gasteiger partial charge in [0.1, 0.15) is 0 Å². The summed E-state index contributed by atoms with van der Waals surface area (Å²) in [7, 11) is 0. The Morgan fingerprint density at radius 1 is 1.41 bits per heavy atom. The van der Waals surface area contributed by atoms with Crippen molar-refractivity contribution in [3.63, 3.8) is 0 Å². The standard InChI is InChI=1S/C16H21N/c1-4-14-7-6-8-16(12-14)10-9-15(5-2)11-13(3)17/h6-8,11-12H,2,4,9-10,17H2,1,3H3. The van der Waals surface area contributed by atoms with Gasteiger partial charge in [-0.1, -0.05) is 37.8 Å². The zero-order valence-corrected chi connectivity index (χ0v) is 10.8. The quantitative estimate of drug-likeness (QED) is 0.601. The van der Waals surface area contributed by atoms with Crippen LogP contribution in [0.5, 0.6) is 0 Å². The smallest absolute Gasteiger partial charge is 0.00578 e. The Labute approximate surface area is 104 Å². The van der Waals surface area contributed by atoms with E-state index in [-0.39, 0.29) is 0 Å². The molecule has 0 aliphatic heterocycles. The van der Waals surface area contributed by atoms with E-state index in [1.165, 1.54) is 11.1 Å². The van der Waals surface area contributed by atoms with Crippen molar-refractivity contribution in [3.8, 4) is 0 Å². The summed E-state index contributed by atoms with van der Waals surface area (Å²) in [6.45, 7) is 7.76. The Morgan fingerprint density at radius 3 is 2.71 bits per heavy atom. The van der Waals surface area contributed by atoms with Crippen LogP contribution < -0.4 is 5.73 Å². The molecule has 1 aromatic rings. The van der Waals surface area contributed by atoms with Crippen LogP contribution in [0.4, 0.5) is 0 Å². The van der Waals surface area contributed by atoms with E-state index in [0.717, 1.165) is 30.5 Å². The number of allylic oxidation sites excluding steroid dienone is 3. The van der Waals surface area contributed by atoms with Gasteiger partial charge in [0.2, 0.25) is 0 Å². The average molecular weight is 227 g/mol. The van der Waals surface area contributed by atoms with E-state index in [2.05, 4.69) is 43.5 Å². The molecule has 90 valence electrons. The van der Waals surface area contributed by atoms with Gasteiger partial charge in [-0.2, -0.15) is 0 Å². The van der Waals surface area contributed by atoms with Crippen molar-refractivity contribution in [2.24, 2.45) is 5.73 Å². The van der Waals surface area contributed by atoms with E-state index >= 15 is 0 Å². The van der Waals surface area contributed by atoms with Gasteiger partial charge in [0.25, 0.3) is 0 Å². The van der Waals surface area contributed by atoms with Gasteiger partial charge in [0.15, 0.2) is 0 Å². The fourth-order valence-corrected chi connectivity index (χ4v) is 1.77. The highest BCUT2D eigenvalue weighted by molar-refractivity contribution is 5.26. The predicted molar refractivity (Wildman–Crippen MR) is 74.7 cm³/mol. The van der Waals surface area contributed by atoms with Gasteiger partial charge in [-0.25, -0.2) is 0 Å². The zero-order chi connectivity index (χ0) is 12.7. The molecule has 1 heteroatoms. The van der Waals surface area contributed by atoms with Crippen LogP contribution in [0, 0.1) is 0 Å². The first-order chi connectivity index (χ1) is 8.15. The van der Waals surface area contributed by atoms with Crippen LogP contribution in [0.1, 0.15) is 31.4 Å². The highest BCUT2D eigenvalue weighted by Gasteiger charge is 1.97. The van der Waals surface area contributed by atoms with Crippen molar-refractivity contribution in [1.82, 2.24) is 0 Å². The Morgan fingerprint density at radius 2 is 2.12 bits per heavy atom. The van der Waals surface area contributed by atoms with Crippen LogP contribution in [0.3, 0.4) is 0 Å². The molecule has 2 N–H and O–H groups in total. The fraction of sp³-hybridized carbons (Fsp3) is 0.312. The molecule has 1 rings (SSSR count). The number of nitrogens with two attached hydrogens (primary N) is 1. The molecule has 0 heterocycles. The first kappa shape index (κ1) is 13.3. The summed E-state index contributed by atoms with van der Waals surface area (Å²) in [5.74, 6) is 0. The Kier molecular flexibility index (Phi) is 5.32. The summed E-state index contributed by atoms with van der Waals surface area (Å²) < 4.78 is 0. The third-order valence-corrected chi connectivity index (χ3v) is 2.71. The van der Waals surface area contributed by atoms with E-state index in [0.29, 0.717) is 0 Å². The van der Waals surface area contributed by atoms with E-state index in [9.17, 15) is 0 Å². The molecule has 0 radical (unpaired) electrons. The fourth-order valence-electron chi connectivity index (χ4n) is 1.77. The van der Waals surface area contributed by atoms with Crippen LogP contribution in [-0.4, -0.2) is 0 Å². The van der Waals surface area contributed by atoms with Crippen molar-refractivity contribution in [2.75, 3.05) is 0 Å². The van der Waals surface area contributed by atoms with Crippen molar-refractivity contribution >= 4 is 0 Å². The van der Waals surface area contributed by atoms with Crippen molar-refractivity contribution in [1.29, 1.82) is 0 Å². The molecule has 0 aliphatic rings. The number of aryl methyl sites for hydroxylation is 2. The molecule has 0 spiro atoms. The third-order valence-electron chi connectivity index (χ3n) is 2.71.